The maximum absolute atomic E-state index is 5.36. The van der Waals surface area contributed by atoms with Gasteiger partial charge >= 0.3 is 0 Å². The molecule has 0 aromatic carbocycles. The number of fused-ring (bicyclic) bond motifs is 3. The molecule has 2 aromatic rings. The van der Waals surface area contributed by atoms with Crippen molar-refractivity contribution in [3.05, 3.63) is 24.0 Å². The average Bonchev–Trinajstić information content (AvgIpc) is 2.56. The number of hydrogen-bond donors (Lipinski definition) is 0. The Hall–Kier alpha value is -1.42. The second-order valence-electron chi connectivity index (χ2n) is 3.09. The van der Waals surface area contributed by atoms with Crippen LogP contribution in [0.2, 0.25) is 0 Å². The number of ether oxygens (including phenoxy) is 1. The maximum Gasteiger partial charge on any atom is 0.114 e. The lowest BCUT2D eigenvalue weighted by atomic mass is 10.3. The molecule has 1 aliphatic rings. The van der Waals surface area contributed by atoms with Gasteiger partial charge < -0.3 is 4.74 Å². The van der Waals surface area contributed by atoms with Gasteiger partial charge in [0.1, 0.15) is 11.0 Å². The molecule has 0 amide bonds. The monoisotopic (exact) mass is 175 g/mol. The second-order valence-corrected chi connectivity index (χ2v) is 3.09. The van der Waals surface area contributed by atoms with E-state index in [0.29, 0.717) is 6.61 Å². The van der Waals surface area contributed by atoms with Gasteiger partial charge in [-0.05, 0) is 12.1 Å². The predicted octanol–water partition coefficient (Wildman–Crippen LogP) is 0.961. The van der Waals surface area contributed by atoms with Crippen LogP contribution >= 0.6 is 0 Å². The molecule has 3 rings (SSSR count). The van der Waals surface area contributed by atoms with Gasteiger partial charge in [-0.2, -0.15) is 5.10 Å². The van der Waals surface area contributed by atoms with Crippen molar-refractivity contribution in [2.45, 2.75) is 13.2 Å². The van der Waals surface area contributed by atoms with Crippen molar-refractivity contribution < 1.29 is 4.74 Å². The molecule has 0 bridgehead atoms. The Morgan fingerprint density at radius 2 is 2.46 bits per heavy atom. The fraction of sp³-hybridized carbons (Fsp3) is 0.333. The first-order chi connectivity index (χ1) is 6.45. The van der Waals surface area contributed by atoms with Crippen LogP contribution in [0.25, 0.3) is 11.0 Å². The SMILES string of the molecule is c1cnc2c3n(nc2c1)CCOC3. The van der Waals surface area contributed by atoms with Crippen LogP contribution in [0.3, 0.4) is 0 Å². The average molecular weight is 175 g/mol. The van der Waals surface area contributed by atoms with Gasteiger partial charge in [0.15, 0.2) is 0 Å². The van der Waals surface area contributed by atoms with Gasteiger partial charge in [0, 0.05) is 6.20 Å². The third kappa shape index (κ3) is 0.954. The lowest BCUT2D eigenvalue weighted by molar-refractivity contribution is 0.0810. The fourth-order valence-electron chi connectivity index (χ4n) is 1.66. The number of aromatic nitrogens is 3. The standard InChI is InChI=1S/C9H9N3O/c1-2-7-9(10-3-1)8-6-13-5-4-12(8)11-7/h1-3H,4-6H2. The molecular weight excluding hydrogens is 166 g/mol. The van der Waals surface area contributed by atoms with E-state index >= 15 is 0 Å². The molecule has 0 radical (unpaired) electrons. The Kier molecular flexibility index (Phi) is 1.37. The highest BCUT2D eigenvalue weighted by Crippen LogP contribution is 2.18. The molecule has 4 heteroatoms. The van der Waals surface area contributed by atoms with Crippen molar-refractivity contribution in [1.82, 2.24) is 14.8 Å². The van der Waals surface area contributed by atoms with Gasteiger partial charge in [-0.15, -0.1) is 0 Å². The zero-order chi connectivity index (χ0) is 8.67. The van der Waals surface area contributed by atoms with Gasteiger partial charge in [-0.25, -0.2) is 0 Å². The first-order valence-corrected chi connectivity index (χ1v) is 4.33. The van der Waals surface area contributed by atoms with E-state index in [1.54, 1.807) is 6.20 Å². The van der Waals surface area contributed by atoms with E-state index in [2.05, 4.69) is 10.1 Å². The molecule has 3 heterocycles. The third-order valence-corrected chi connectivity index (χ3v) is 2.29. The minimum atomic E-state index is 0.632. The van der Waals surface area contributed by atoms with Crippen molar-refractivity contribution in [1.29, 1.82) is 0 Å². The normalized spacial score (nSPS) is 16.0. The summed E-state index contributed by atoms with van der Waals surface area (Å²) in [6.07, 6.45) is 1.79. The summed E-state index contributed by atoms with van der Waals surface area (Å²) in [5.41, 5.74) is 3.03. The molecule has 13 heavy (non-hydrogen) atoms. The highest BCUT2D eigenvalue weighted by atomic mass is 16.5. The van der Waals surface area contributed by atoms with E-state index < -0.39 is 0 Å². The van der Waals surface area contributed by atoms with Gasteiger partial charge in [-0.3, -0.25) is 9.67 Å². The summed E-state index contributed by atoms with van der Waals surface area (Å²) in [6.45, 7) is 2.22. The Bertz CT molecular complexity index is 449. The molecule has 2 aromatic heterocycles. The third-order valence-electron chi connectivity index (χ3n) is 2.29. The first kappa shape index (κ1) is 7.03. The van der Waals surface area contributed by atoms with Crippen molar-refractivity contribution in [3.63, 3.8) is 0 Å². The summed E-state index contributed by atoms with van der Waals surface area (Å²) in [5, 5.41) is 4.43. The molecule has 0 spiro atoms. The van der Waals surface area contributed by atoms with Crippen LogP contribution in [-0.2, 0) is 17.9 Å². The van der Waals surface area contributed by atoms with Crippen LogP contribution in [0.15, 0.2) is 18.3 Å². The lowest BCUT2D eigenvalue weighted by Gasteiger charge is -2.13. The molecule has 0 aliphatic carbocycles. The molecular formula is C9H9N3O. The molecule has 0 unspecified atom stereocenters. The zero-order valence-electron chi connectivity index (χ0n) is 7.10. The van der Waals surface area contributed by atoms with Crippen molar-refractivity contribution in [2.24, 2.45) is 0 Å². The Morgan fingerprint density at radius 1 is 1.46 bits per heavy atom. The second kappa shape index (κ2) is 2.53. The van der Waals surface area contributed by atoms with E-state index in [1.807, 2.05) is 16.8 Å². The molecule has 0 saturated carbocycles. The smallest absolute Gasteiger partial charge is 0.114 e. The molecule has 0 saturated heterocycles. The molecule has 0 fully saturated rings. The van der Waals surface area contributed by atoms with Crippen LogP contribution < -0.4 is 0 Å². The Morgan fingerprint density at radius 3 is 3.46 bits per heavy atom. The summed E-state index contributed by atoms with van der Waals surface area (Å²) < 4.78 is 7.35. The predicted molar refractivity (Wildman–Crippen MR) is 47.2 cm³/mol. The summed E-state index contributed by atoms with van der Waals surface area (Å²) in [7, 11) is 0. The zero-order valence-corrected chi connectivity index (χ0v) is 7.10. The molecule has 0 atom stereocenters. The Labute approximate surface area is 75.1 Å². The molecule has 1 aliphatic heterocycles. The largest absolute Gasteiger partial charge is 0.373 e. The van der Waals surface area contributed by atoms with Crippen molar-refractivity contribution in [2.75, 3.05) is 6.61 Å². The number of rotatable bonds is 0. The number of pyridine rings is 1. The van der Waals surface area contributed by atoms with Crippen LogP contribution in [0.1, 0.15) is 5.69 Å². The van der Waals surface area contributed by atoms with Crippen LogP contribution in [0, 0.1) is 0 Å². The lowest BCUT2D eigenvalue weighted by Crippen LogP contribution is -2.17. The van der Waals surface area contributed by atoms with E-state index in [0.717, 1.165) is 29.9 Å². The fourth-order valence-corrected chi connectivity index (χ4v) is 1.66. The van der Waals surface area contributed by atoms with E-state index in [1.165, 1.54) is 0 Å². The van der Waals surface area contributed by atoms with Crippen LogP contribution in [0.5, 0.6) is 0 Å². The topological polar surface area (TPSA) is 39.9 Å². The minimum absolute atomic E-state index is 0.632. The number of nitrogens with zero attached hydrogens (tertiary/aromatic N) is 3. The summed E-state index contributed by atoms with van der Waals surface area (Å²) >= 11 is 0. The van der Waals surface area contributed by atoms with E-state index in [9.17, 15) is 0 Å². The van der Waals surface area contributed by atoms with Crippen LogP contribution in [0.4, 0.5) is 0 Å². The summed E-state index contributed by atoms with van der Waals surface area (Å²) in [4.78, 5) is 4.29. The minimum Gasteiger partial charge on any atom is -0.373 e. The molecule has 4 nitrogen and oxygen atoms in total. The van der Waals surface area contributed by atoms with E-state index in [-0.39, 0.29) is 0 Å². The highest BCUT2D eigenvalue weighted by molar-refractivity contribution is 5.76. The van der Waals surface area contributed by atoms with Gasteiger partial charge in [-0.1, -0.05) is 0 Å². The number of hydrogen-bond acceptors (Lipinski definition) is 3. The molecule has 0 N–H and O–H groups in total. The van der Waals surface area contributed by atoms with Crippen LogP contribution in [-0.4, -0.2) is 21.4 Å². The van der Waals surface area contributed by atoms with Gasteiger partial charge in [0.25, 0.3) is 0 Å². The van der Waals surface area contributed by atoms with Crippen molar-refractivity contribution in [3.8, 4) is 0 Å². The maximum atomic E-state index is 5.36. The summed E-state index contributed by atoms with van der Waals surface area (Å²) in [5.74, 6) is 0. The quantitative estimate of drug-likeness (QED) is 0.598. The van der Waals surface area contributed by atoms with Gasteiger partial charge in [0.05, 0.1) is 25.5 Å². The summed E-state index contributed by atoms with van der Waals surface area (Å²) in [6, 6.07) is 3.88. The Balaban J connectivity index is 2.34. The first-order valence-electron chi connectivity index (χ1n) is 4.33. The van der Waals surface area contributed by atoms with E-state index in [4.69, 9.17) is 4.74 Å². The van der Waals surface area contributed by atoms with Crippen molar-refractivity contribution >= 4 is 11.0 Å². The molecule has 66 valence electrons. The highest BCUT2D eigenvalue weighted by Gasteiger charge is 2.15. The van der Waals surface area contributed by atoms with Gasteiger partial charge in [0.2, 0.25) is 0 Å².